The Morgan fingerprint density at radius 3 is 2.38 bits per heavy atom. The lowest BCUT2D eigenvalue weighted by Gasteiger charge is -2.31. The number of anilines is 1. The minimum Gasteiger partial charge on any atom is -0.327 e. The van der Waals surface area contributed by atoms with Crippen molar-refractivity contribution in [3.05, 3.63) is 55.0 Å². The summed E-state index contributed by atoms with van der Waals surface area (Å²) >= 11 is 3.03. The van der Waals surface area contributed by atoms with Crippen LogP contribution in [0, 0.1) is 5.82 Å². The molecule has 0 atom stereocenters. The molecule has 0 aliphatic carbocycles. The molecule has 0 radical (unpaired) electrons. The first kappa shape index (κ1) is 23.5. The van der Waals surface area contributed by atoms with Gasteiger partial charge in [0, 0.05) is 37.7 Å². The van der Waals surface area contributed by atoms with Gasteiger partial charge in [-0.2, -0.15) is 13.2 Å². The Morgan fingerprint density at radius 2 is 1.75 bits per heavy atom. The molecule has 1 aliphatic rings. The second-order valence-corrected chi connectivity index (χ2v) is 7.82. The van der Waals surface area contributed by atoms with E-state index in [2.05, 4.69) is 21.2 Å². The van der Waals surface area contributed by atoms with Crippen LogP contribution in [-0.4, -0.2) is 51.1 Å². The van der Waals surface area contributed by atoms with Gasteiger partial charge in [-0.05, 0) is 34.5 Å². The van der Waals surface area contributed by atoms with Crippen LogP contribution in [0.1, 0.15) is 12.1 Å². The zero-order valence-electron chi connectivity index (χ0n) is 16.7. The van der Waals surface area contributed by atoms with Gasteiger partial charge in [-0.1, -0.05) is 0 Å². The average Bonchev–Trinajstić information content (AvgIpc) is 2.69. The van der Waals surface area contributed by atoms with Gasteiger partial charge in [0.25, 0.3) is 5.56 Å². The first-order chi connectivity index (χ1) is 14.8. The molecule has 1 saturated heterocycles. The number of amides is 4. The predicted molar refractivity (Wildman–Crippen MR) is 108 cm³/mol. The highest BCUT2D eigenvalue weighted by molar-refractivity contribution is 9.10. The van der Waals surface area contributed by atoms with Gasteiger partial charge in [0.1, 0.15) is 11.5 Å². The van der Waals surface area contributed by atoms with Crippen LogP contribution in [0.15, 0.2) is 32.3 Å². The SMILES string of the molecule is CN1CCCN(C(=O)Nc2cc(-n3c(=O)cc(C(F)(F)F)n(C)c3=O)c(F)cc2Br)C1=O. The van der Waals surface area contributed by atoms with E-state index in [4.69, 9.17) is 0 Å². The van der Waals surface area contributed by atoms with E-state index in [1.54, 1.807) is 0 Å². The molecular formula is C18H16BrF4N5O4. The monoisotopic (exact) mass is 521 g/mol. The van der Waals surface area contributed by atoms with E-state index in [0.717, 1.165) is 24.1 Å². The lowest BCUT2D eigenvalue weighted by atomic mass is 10.2. The van der Waals surface area contributed by atoms with Crippen LogP contribution < -0.4 is 16.6 Å². The van der Waals surface area contributed by atoms with Crippen molar-refractivity contribution in [3.8, 4) is 5.69 Å². The third kappa shape index (κ3) is 4.26. The third-order valence-corrected chi connectivity index (χ3v) is 5.46. The van der Waals surface area contributed by atoms with E-state index in [1.165, 1.54) is 11.9 Å². The molecule has 1 aromatic carbocycles. The van der Waals surface area contributed by atoms with Gasteiger partial charge in [-0.15, -0.1) is 0 Å². The summed E-state index contributed by atoms with van der Waals surface area (Å²) < 4.78 is 54.1. The zero-order valence-corrected chi connectivity index (χ0v) is 18.3. The lowest BCUT2D eigenvalue weighted by molar-refractivity contribution is -0.144. The molecule has 0 saturated carbocycles. The minimum absolute atomic E-state index is 0.0155. The number of carbonyl (C=O) groups excluding carboxylic acids is 2. The molecule has 0 bridgehead atoms. The number of hydrogen-bond acceptors (Lipinski definition) is 4. The van der Waals surface area contributed by atoms with Crippen molar-refractivity contribution >= 4 is 33.7 Å². The van der Waals surface area contributed by atoms with Crippen molar-refractivity contribution < 1.29 is 27.2 Å². The van der Waals surface area contributed by atoms with Crippen LogP contribution in [0.4, 0.5) is 32.8 Å². The molecule has 1 aliphatic heterocycles. The Bertz CT molecular complexity index is 1220. The number of carbonyl (C=O) groups is 2. The van der Waals surface area contributed by atoms with E-state index in [9.17, 15) is 36.7 Å². The highest BCUT2D eigenvalue weighted by atomic mass is 79.9. The van der Waals surface area contributed by atoms with Crippen LogP contribution in [0.2, 0.25) is 0 Å². The second-order valence-electron chi connectivity index (χ2n) is 6.97. The zero-order chi connectivity index (χ0) is 24.0. The Morgan fingerprint density at radius 1 is 1.09 bits per heavy atom. The first-order valence-corrected chi connectivity index (χ1v) is 9.85. The average molecular weight is 522 g/mol. The number of nitrogens with zero attached hydrogens (tertiary/aromatic N) is 4. The molecule has 32 heavy (non-hydrogen) atoms. The summed E-state index contributed by atoms with van der Waals surface area (Å²) in [4.78, 5) is 51.7. The molecule has 1 fully saturated rings. The Hall–Kier alpha value is -3.16. The highest BCUT2D eigenvalue weighted by Crippen LogP contribution is 2.29. The number of halogens is 5. The van der Waals surface area contributed by atoms with E-state index in [0.29, 0.717) is 13.0 Å². The maximum atomic E-state index is 14.6. The topological polar surface area (TPSA) is 96.7 Å². The van der Waals surface area contributed by atoms with Gasteiger partial charge in [-0.3, -0.25) is 9.36 Å². The quantitative estimate of drug-likeness (QED) is 0.614. The van der Waals surface area contributed by atoms with Gasteiger partial charge < -0.3 is 10.2 Å². The fourth-order valence-corrected chi connectivity index (χ4v) is 3.57. The molecular weight excluding hydrogens is 506 g/mol. The summed E-state index contributed by atoms with van der Waals surface area (Å²) in [7, 11) is 2.31. The van der Waals surface area contributed by atoms with E-state index < -0.39 is 46.7 Å². The van der Waals surface area contributed by atoms with Gasteiger partial charge in [0.15, 0.2) is 0 Å². The van der Waals surface area contributed by atoms with Crippen molar-refractivity contribution in [2.24, 2.45) is 7.05 Å². The first-order valence-electron chi connectivity index (χ1n) is 9.06. The van der Waals surface area contributed by atoms with Crippen LogP contribution in [0.5, 0.6) is 0 Å². The highest BCUT2D eigenvalue weighted by Gasteiger charge is 2.35. The van der Waals surface area contributed by atoms with E-state index in [1.807, 2.05) is 0 Å². The molecule has 172 valence electrons. The number of hydrogen-bond donors (Lipinski definition) is 1. The summed E-state index contributed by atoms with van der Waals surface area (Å²) in [6, 6.07) is 0.514. The van der Waals surface area contributed by atoms with Crippen LogP contribution in [-0.2, 0) is 13.2 Å². The molecule has 4 amide bonds. The molecule has 2 heterocycles. The summed E-state index contributed by atoms with van der Waals surface area (Å²) in [5.41, 5.74) is -5.13. The van der Waals surface area contributed by atoms with Crippen molar-refractivity contribution in [3.63, 3.8) is 0 Å². The number of aromatic nitrogens is 2. The third-order valence-electron chi connectivity index (χ3n) is 4.81. The summed E-state index contributed by atoms with van der Waals surface area (Å²) in [5.74, 6) is -1.11. The van der Waals surface area contributed by atoms with Gasteiger partial charge in [0.2, 0.25) is 0 Å². The molecule has 2 aromatic rings. The maximum absolute atomic E-state index is 14.6. The smallest absolute Gasteiger partial charge is 0.327 e. The number of benzene rings is 1. The van der Waals surface area contributed by atoms with Crippen molar-refractivity contribution in [1.82, 2.24) is 18.9 Å². The maximum Gasteiger partial charge on any atom is 0.431 e. The number of nitrogens with one attached hydrogen (secondary N) is 1. The van der Waals surface area contributed by atoms with Crippen LogP contribution in [0.25, 0.3) is 5.69 Å². The molecule has 0 spiro atoms. The number of rotatable bonds is 2. The van der Waals surface area contributed by atoms with Crippen molar-refractivity contribution in [1.29, 1.82) is 0 Å². The van der Waals surface area contributed by atoms with Crippen molar-refractivity contribution in [2.45, 2.75) is 12.6 Å². The Labute approximate surface area is 186 Å². The Balaban J connectivity index is 2.06. The van der Waals surface area contributed by atoms with Crippen LogP contribution >= 0.6 is 15.9 Å². The largest absolute Gasteiger partial charge is 0.431 e. The standard InChI is InChI=1S/C18H16BrF4N5O4/c1-25-4-3-5-27(16(25)31)15(30)24-11-7-12(10(20)6-9(11)19)28-14(29)8-13(18(21,22)23)26(2)17(28)32/h6-8H,3-5H2,1-2H3,(H,24,30). The predicted octanol–water partition coefficient (Wildman–Crippen LogP) is 2.75. The number of imide groups is 1. The van der Waals surface area contributed by atoms with E-state index >= 15 is 0 Å². The summed E-state index contributed by atoms with van der Waals surface area (Å²) in [6.45, 7) is 0.604. The van der Waals surface area contributed by atoms with Gasteiger partial charge in [-0.25, -0.2) is 28.2 Å². The Kier molecular flexibility index (Phi) is 6.18. The molecule has 9 nitrogen and oxygen atoms in total. The van der Waals surface area contributed by atoms with Gasteiger partial charge in [0.05, 0.1) is 11.4 Å². The van der Waals surface area contributed by atoms with Crippen LogP contribution in [0.3, 0.4) is 0 Å². The summed E-state index contributed by atoms with van der Waals surface area (Å²) in [6.07, 6.45) is -4.44. The fourth-order valence-electron chi connectivity index (χ4n) is 3.16. The lowest BCUT2D eigenvalue weighted by Crippen LogP contribution is -2.51. The molecule has 14 heteroatoms. The number of alkyl halides is 3. The summed E-state index contributed by atoms with van der Waals surface area (Å²) in [5, 5.41) is 2.38. The van der Waals surface area contributed by atoms with Crippen molar-refractivity contribution in [2.75, 3.05) is 25.5 Å². The molecule has 1 N–H and O–H groups in total. The normalized spacial score (nSPS) is 14.7. The van der Waals surface area contributed by atoms with Gasteiger partial charge >= 0.3 is 23.9 Å². The minimum atomic E-state index is -4.97. The second kappa shape index (κ2) is 8.41. The molecule has 0 unspecified atom stereocenters. The van der Waals surface area contributed by atoms with E-state index in [-0.39, 0.29) is 31.9 Å². The number of urea groups is 2. The fraction of sp³-hybridized carbons (Fsp3) is 0.333. The molecule has 3 rings (SSSR count). The molecule has 1 aromatic heterocycles.